The smallest absolute Gasteiger partial charge is 0.374 e. The van der Waals surface area contributed by atoms with Crippen molar-refractivity contribution in [3.05, 3.63) is 29.8 Å². The molecule has 7 heteroatoms. The SMILES string of the molecule is COc1cc(O)c(-c2cc(C(=O)O)on2)cc1F. The summed E-state index contributed by atoms with van der Waals surface area (Å²) in [5.41, 5.74) is 0.0380. The van der Waals surface area contributed by atoms with Crippen molar-refractivity contribution in [3.8, 4) is 22.8 Å². The van der Waals surface area contributed by atoms with Crippen LogP contribution in [0.3, 0.4) is 0 Å². The molecule has 0 aliphatic carbocycles. The number of hydrogen-bond acceptors (Lipinski definition) is 5. The number of hydrogen-bond donors (Lipinski definition) is 2. The van der Waals surface area contributed by atoms with Gasteiger partial charge in [0.25, 0.3) is 0 Å². The fourth-order valence-corrected chi connectivity index (χ4v) is 1.41. The number of ether oxygens (including phenoxy) is 1. The van der Waals surface area contributed by atoms with E-state index in [1.807, 2.05) is 0 Å². The largest absolute Gasteiger partial charge is 0.507 e. The third-order valence-corrected chi connectivity index (χ3v) is 2.27. The lowest BCUT2D eigenvalue weighted by Gasteiger charge is -2.05. The second-order valence-electron chi connectivity index (χ2n) is 3.39. The molecular weight excluding hydrogens is 245 g/mol. The molecular formula is C11H8FNO5. The maximum atomic E-state index is 13.5. The van der Waals surface area contributed by atoms with Crippen molar-refractivity contribution in [1.82, 2.24) is 5.16 Å². The zero-order chi connectivity index (χ0) is 13.3. The normalized spacial score (nSPS) is 10.3. The highest BCUT2D eigenvalue weighted by atomic mass is 19.1. The average Bonchev–Trinajstić information content (AvgIpc) is 2.81. The van der Waals surface area contributed by atoms with E-state index >= 15 is 0 Å². The molecule has 0 saturated heterocycles. The molecule has 0 amide bonds. The van der Waals surface area contributed by atoms with Crippen LogP contribution in [0.2, 0.25) is 0 Å². The maximum absolute atomic E-state index is 13.5. The molecule has 0 saturated carbocycles. The van der Waals surface area contributed by atoms with Crippen molar-refractivity contribution < 1.29 is 28.7 Å². The molecule has 1 aromatic carbocycles. The first-order chi connectivity index (χ1) is 8.52. The number of methoxy groups -OCH3 is 1. The number of carbonyl (C=O) groups is 1. The molecule has 0 atom stereocenters. The van der Waals surface area contributed by atoms with Crippen molar-refractivity contribution in [2.45, 2.75) is 0 Å². The zero-order valence-electron chi connectivity index (χ0n) is 9.18. The van der Waals surface area contributed by atoms with Gasteiger partial charge in [-0.15, -0.1) is 0 Å². The van der Waals surface area contributed by atoms with Crippen molar-refractivity contribution in [2.24, 2.45) is 0 Å². The fourth-order valence-electron chi connectivity index (χ4n) is 1.41. The lowest BCUT2D eigenvalue weighted by molar-refractivity contribution is 0.0652. The summed E-state index contributed by atoms with van der Waals surface area (Å²) in [6.45, 7) is 0. The summed E-state index contributed by atoms with van der Waals surface area (Å²) in [4.78, 5) is 10.6. The van der Waals surface area contributed by atoms with E-state index in [0.717, 1.165) is 18.2 Å². The van der Waals surface area contributed by atoms with E-state index in [-0.39, 0.29) is 22.8 Å². The van der Waals surface area contributed by atoms with Crippen LogP contribution >= 0.6 is 0 Å². The molecule has 0 unspecified atom stereocenters. The van der Waals surface area contributed by atoms with Crippen LogP contribution in [-0.4, -0.2) is 28.4 Å². The van der Waals surface area contributed by atoms with Crippen molar-refractivity contribution in [1.29, 1.82) is 0 Å². The molecule has 0 aliphatic heterocycles. The number of aromatic nitrogens is 1. The molecule has 0 spiro atoms. The van der Waals surface area contributed by atoms with Gasteiger partial charge in [0.15, 0.2) is 11.6 Å². The first-order valence-electron chi connectivity index (χ1n) is 4.80. The number of aromatic hydroxyl groups is 1. The molecule has 1 aromatic heterocycles. The lowest BCUT2D eigenvalue weighted by Crippen LogP contribution is -1.92. The highest BCUT2D eigenvalue weighted by molar-refractivity contribution is 5.86. The lowest BCUT2D eigenvalue weighted by atomic mass is 10.1. The third-order valence-electron chi connectivity index (χ3n) is 2.27. The summed E-state index contributed by atoms with van der Waals surface area (Å²) in [5.74, 6) is -2.83. The highest BCUT2D eigenvalue weighted by Crippen LogP contribution is 2.34. The maximum Gasteiger partial charge on any atom is 0.374 e. The van der Waals surface area contributed by atoms with E-state index in [9.17, 15) is 14.3 Å². The topological polar surface area (TPSA) is 92.8 Å². The number of aromatic carboxylic acids is 1. The Morgan fingerprint density at radius 1 is 1.44 bits per heavy atom. The minimum Gasteiger partial charge on any atom is -0.507 e. The van der Waals surface area contributed by atoms with Crippen LogP contribution in [0.1, 0.15) is 10.6 Å². The molecule has 0 bridgehead atoms. The van der Waals surface area contributed by atoms with Crippen molar-refractivity contribution >= 4 is 5.97 Å². The van der Waals surface area contributed by atoms with E-state index < -0.39 is 17.5 Å². The molecule has 0 radical (unpaired) electrons. The molecule has 0 fully saturated rings. The van der Waals surface area contributed by atoms with Crippen LogP contribution in [0.4, 0.5) is 4.39 Å². The van der Waals surface area contributed by atoms with Gasteiger partial charge in [-0.25, -0.2) is 9.18 Å². The van der Waals surface area contributed by atoms with Gasteiger partial charge in [-0.3, -0.25) is 0 Å². The van der Waals surface area contributed by atoms with Gasteiger partial charge in [0.1, 0.15) is 11.4 Å². The first kappa shape index (κ1) is 11.9. The van der Waals surface area contributed by atoms with Crippen molar-refractivity contribution in [3.63, 3.8) is 0 Å². The monoisotopic (exact) mass is 253 g/mol. The number of phenolic OH excluding ortho intramolecular Hbond substituents is 1. The van der Waals surface area contributed by atoms with Crippen LogP contribution in [0, 0.1) is 5.82 Å². The Morgan fingerprint density at radius 3 is 2.72 bits per heavy atom. The summed E-state index contributed by atoms with van der Waals surface area (Å²) in [6.07, 6.45) is 0. The van der Waals surface area contributed by atoms with Gasteiger partial charge in [0.05, 0.1) is 7.11 Å². The Morgan fingerprint density at radius 2 is 2.17 bits per heavy atom. The number of rotatable bonds is 3. The summed E-state index contributed by atoms with van der Waals surface area (Å²) < 4.78 is 22.7. The van der Waals surface area contributed by atoms with E-state index in [1.165, 1.54) is 7.11 Å². The van der Waals surface area contributed by atoms with Gasteiger partial charge in [0.2, 0.25) is 5.76 Å². The van der Waals surface area contributed by atoms with Gasteiger partial charge in [-0.2, -0.15) is 0 Å². The van der Waals surface area contributed by atoms with Gasteiger partial charge in [-0.05, 0) is 6.07 Å². The van der Waals surface area contributed by atoms with E-state index in [2.05, 4.69) is 14.4 Å². The first-order valence-corrected chi connectivity index (χ1v) is 4.80. The quantitative estimate of drug-likeness (QED) is 0.867. The Labute approximate surface area is 100 Å². The number of carboxylic acid groups (broad SMARTS) is 1. The van der Waals surface area contributed by atoms with Gasteiger partial charge in [0, 0.05) is 17.7 Å². The average molecular weight is 253 g/mol. The fraction of sp³-hybridized carbons (Fsp3) is 0.0909. The van der Waals surface area contributed by atoms with Crippen LogP contribution in [0.25, 0.3) is 11.3 Å². The van der Waals surface area contributed by atoms with Gasteiger partial charge < -0.3 is 19.5 Å². The Balaban J connectivity index is 2.50. The van der Waals surface area contributed by atoms with Crippen LogP contribution < -0.4 is 4.74 Å². The van der Waals surface area contributed by atoms with E-state index in [0.29, 0.717) is 0 Å². The minimum absolute atomic E-state index is 0.0181. The second-order valence-corrected chi connectivity index (χ2v) is 3.39. The molecule has 0 aliphatic rings. The van der Waals surface area contributed by atoms with Gasteiger partial charge in [-0.1, -0.05) is 5.16 Å². The standard InChI is InChI=1S/C11H8FNO5/c1-17-9-4-8(14)5(2-6(9)12)7-3-10(11(15)16)18-13-7/h2-4,14H,1H3,(H,15,16). The molecule has 2 rings (SSSR count). The van der Waals surface area contributed by atoms with Crippen LogP contribution in [0.5, 0.6) is 11.5 Å². The van der Waals surface area contributed by atoms with Crippen LogP contribution in [-0.2, 0) is 0 Å². The number of carboxylic acids is 1. The minimum atomic E-state index is -1.30. The molecule has 94 valence electrons. The summed E-state index contributed by atoms with van der Waals surface area (Å²) in [5, 5.41) is 21.8. The van der Waals surface area contributed by atoms with Crippen molar-refractivity contribution in [2.75, 3.05) is 7.11 Å². The van der Waals surface area contributed by atoms with E-state index in [1.54, 1.807) is 0 Å². The summed E-state index contributed by atoms with van der Waals surface area (Å²) >= 11 is 0. The Hall–Kier alpha value is -2.57. The number of benzene rings is 1. The number of halogens is 1. The number of nitrogens with zero attached hydrogens (tertiary/aromatic N) is 1. The Kier molecular flexibility index (Phi) is 2.88. The predicted octanol–water partition coefficient (Wildman–Crippen LogP) is 1.89. The zero-order valence-corrected chi connectivity index (χ0v) is 9.18. The molecule has 1 heterocycles. The molecule has 18 heavy (non-hydrogen) atoms. The Bertz CT molecular complexity index is 607. The van der Waals surface area contributed by atoms with Crippen LogP contribution in [0.15, 0.2) is 22.7 Å². The summed E-state index contributed by atoms with van der Waals surface area (Å²) in [7, 11) is 1.26. The van der Waals surface area contributed by atoms with Gasteiger partial charge >= 0.3 is 5.97 Å². The predicted molar refractivity (Wildman–Crippen MR) is 57.1 cm³/mol. The third kappa shape index (κ3) is 1.97. The molecule has 6 nitrogen and oxygen atoms in total. The van der Waals surface area contributed by atoms with E-state index in [4.69, 9.17) is 5.11 Å². The summed E-state index contributed by atoms with van der Waals surface area (Å²) in [6, 6.07) is 3.14. The highest BCUT2D eigenvalue weighted by Gasteiger charge is 2.17. The molecule has 2 N–H and O–H groups in total. The second kappa shape index (κ2) is 4.36. The number of phenols is 1. The molecule has 2 aromatic rings.